The molecule has 0 N–H and O–H groups in total. The lowest BCUT2D eigenvalue weighted by Crippen LogP contribution is -2.22. The summed E-state index contributed by atoms with van der Waals surface area (Å²) in [5.41, 5.74) is 4.77. The van der Waals surface area contributed by atoms with Gasteiger partial charge in [0.1, 0.15) is 11.9 Å². The van der Waals surface area contributed by atoms with Gasteiger partial charge in [0.15, 0.2) is 0 Å². The number of aromatic nitrogens is 6. The number of fused-ring (bicyclic) bond motifs is 2. The van der Waals surface area contributed by atoms with E-state index in [1.807, 2.05) is 44.1 Å². The van der Waals surface area contributed by atoms with Gasteiger partial charge in [-0.2, -0.15) is 15.5 Å². The Labute approximate surface area is 186 Å². The molecule has 8 heteroatoms. The summed E-state index contributed by atoms with van der Waals surface area (Å²) in [7, 11) is 1.89. The Morgan fingerprint density at radius 3 is 2.44 bits per heavy atom. The van der Waals surface area contributed by atoms with E-state index in [4.69, 9.17) is 9.97 Å². The summed E-state index contributed by atoms with van der Waals surface area (Å²) in [6, 6.07) is 4.29. The normalized spacial score (nSPS) is 22.4. The van der Waals surface area contributed by atoms with Crippen LogP contribution in [-0.2, 0) is 7.05 Å². The second-order valence-electron chi connectivity index (χ2n) is 9.27. The molecule has 4 aromatic rings. The van der Waals surface area contributed by atoms with Crippen LogP contribution in [0, 0.1) is 29.1 Å². The lowest BCUT2D eigenvalue weighted by atomic mass is 10.0. The molecular formula is C24H24N8. The van der Waals surface area contributed by atoms with Gasteiger partial charge in [0.2, 0.25) is 0 Å². The molecule has 6 rings (SSSR count). The second-order valence-corrected chi connectivity index (χ2v) is 9.27. The maximum atomic E-state index is 9.61. The van der Waals surface area contributed by atoms with Crippen LogP contribution in [0.4, 0.5) is 5.82 Å². The molecule has 1 saturated heterocycles. The summed E-state index contributed by atoms with van der Waals surface area (Å²) in [5, 5.41) is 18.3. The Morgan fingerprint density at radius 2 is 1.78 bits per heavy atom. The fourth-order valence-electron chi connectivity index (χ4n) is 5.54. The smallest absolute Gasteiger partial charge is 0.147 e. The van der Waals surface area contributed by atoms with Gasteiger partial charge in [-0.25, -0.2) is 9.50 Å². The maximum absolute atomic E-state index is 9.61. The molecule has 4 aromatic heterocycles. The van der Waals surface area contributed by atoms with E-state index in [1.165, 1.54) is 12.8 Å². The molecular weight excluding hydrogens is 400 g/mol. The summed E-state index contributed by atoms with van der Waals surface area (Å²) < 4.78 is 3.51. The number of hydrogen-bond acceptors (Lipinski definition) is 6. The third-order valence-corrected chi connectivity index (χ3v) is 7.00. The van der Waals surface area contributed by atoms with Crippen LogP contribution in [-0.4, -0.2) is 42.5 Å². The number of anilines is 1. The highest BCUT2D eigenvalue weighted by atomic mass is 15.2. The molecule has 0 spiro atoms. The van der Waals surface area contributed by atoms with Crippen molar-refractivity contribution in [2.75, 3.05) is 18.0 Å². The molecule has 0 amide bonds. The van der Waals surface area contributed by atoms with Crippen LogP contribution in [0.1, 0.15) is 25.3 Å². The molecule has 1 aliphatic carbocycles. The maximum Gasteiger partial charge on any atom is 0.147 e. The van der Waals surface area contributed by atoms with Crippen LogP contribution >= 0.6 is 0 Å². The van der Waals surface area contributed by atoms with Crippen molar-refractivity contribution < 1.29 is 0 Å². The Bertz CT molecular complexity index is 1330. The standard InChI is InChI=1S/C24H24N8/c1-15-3-16-12-31(13-17(16)4-15)23-10-26-22(9-27-23)21-5-18(20-8-28-30(2)11-20)14-32-24(21)19(6-25)7-29-32/h5,7-11,14-17H,3-4,12-13H2,1-2H3/t15-,16-,17+. The Balaban J connectivity index is 1.38. The Hall–Kier alpha value is -3.73. The zero-order valence-corrected chi connectivity index (χ0v) is 18.2. The van der Waals surface area contributed by atoms with Crippen molar-refractivity contribution in [3.63, 3.8) is 0 Å². The highest BCUT2D eigenvalue weighted by Gasteiger charge is 2.39. The predicted octanol–water partition coefficient (Wildman–Crippen LogP) is 3.55. The lowest BCUT2D eigenvalue weighted by molar-refractivity contribution is 0.494. The molecule has 1 aliphatic heterocycles. The molecule has 32 heavy (non-hydrogen) atoms. The molecule has 0 unspecified atom stereocenters. The summed E-state index contributed by atoms with van der Waals surface area (Å²) in [6.07, 6.45) is 13.6. The van der Waals surface area contributed by atoms with Gasteiger partial charge in [-0.3, -0.25) is 9.67 Å². The molecule has 1 saturated carbocycles. The van der Waals surface area contributed by atoms with Crippen LogP contribution < -0.4 is 4.90 Å². The van der Waals surface area contributed by atoms with E-state index in [0.29, 0.717) is 5.56 Å². The van der Waals surface area contributed by atoms with Gasteiger partial charge < -0.3 is 4.90 Å². The molecule has 0 aromatic carbocycles. The lowest BCUT2D eigenvalue weighted by Gasteiger charge is -2.19. The predicted molar refractivity (Wildman–Crippen MR) is 121 cm³/mol. The summed E-state index contributed by atoms with van der Waals surface area (Å²) in [5.74, 6) is 3.35. The SMILES string of the molecule is C[C@@H]1C[C@@H]2CN(c3cnc(-c4cc(-c5cnn(C)c5)cn5ncc(C#N)c45)cn3)C[C@@H]2C1. The number of hydrogen-bond donors (Lipinski definition) is 0. The van der Waals surface area contributed by atoms with Crippen molar-refractivity contribution in [1.82, 2.24) is 29.4 Å². The summed E-state index contributed by atoms with van der Waals surface area (Å²) in [6.45, 7) is 4.51. The van der Waals surface area contributed by atoms with Crippen LogP contribution in [0.5, 0.6) is 0 Å². The fraction of sp³-hybridized carbons (Fsp3) is 0.375. The van der Waals surface area contributed by atoms with Gasteiger partial charge in [0, 0.05) is 49.2 Å². The number of nitriles is 1. The van der Waals surface area contributed by atoms with E-state index in [0.717, 1.165) is 64.6 Å². The van der Waals surface area contributed by atoms with Crippen LogP contribution in [0.3, 0.4) is 0 Å². The van der Waals surface area contributed by atoms with E-state index in [-0.39, 0.29) is 0 Å². The average molecular weight is 425 g/mol. The van der Waals surface area contributed by atoms with Crippen LogP contribution in [0.2, 0.25) is 0 Å². The first-order valence-corrected chi connectivity index (χ1v) is 11.1. The van der Waals surface area contributed by atoms with Crippen molar-refractivity contribution in [2.45, 2.75) is 19.8 Å². The number of nitrogens with zero attached hydrogens (tertiary/aromatic N) is 8. The topological polar surface area (TPSA) is 87.9 Å². The van der Waals surface area contributed by atoms with E-state index < -0.39 is 0 Å². The number of aryl methyl sites for hydroxylation is 1. The van der Waals surface area contributed by atoms with Crippen molar-refractivity contribution in [2.24, 2.45) is 24.8 Å². The minimum absolute atomic E-state index is 0.519. The molecule has 8 nitrogen and oxygen atoms in total. The highest BCUT2D eigenvalue weighted by molar-refractivity contribution is 5.86. The zero-order valence-electron chi connectivity index (χ0n) is 18.2. The van der Waals surface area contributed by atoms with Gasteiger partial charge >= 0.3 is 0 Å². The van der Waals surface area contributed by atoms with Crippen molar-refractivity contribution in [3.8, 4) is 28.5 Å². The van der Waals surface area contributed by atoms with Crippen molar-refractivity contribution in [1.29, 1.82) is 5.26 Å². The molecule has 0 radical (unpaired) electrons. The van der Waals surface area contributed by atoms with Crippen molar-refractivity contribution in [3.05, 3.63) is 48.8 Å². The van der Waals surface area contributed by atoms with E-state index in [1.54, 1.807) is 15.4 Å². The van der Waals surface area contributed by atoms with Gasteiger partial charge in [-0.05, 0) is 36.7 Å². The summed E-state index contributed by atoms with van der Waals surface area (Å²) in [4.78, 5) is 11.9. The molecule has 160 valence electrons. The first kappa shape index (κ1) is 19.0. The van der Waals surface area contributed by atoms with E-state index >= 15 is 0 Å². The second kappa shape index (κ2) is 7.16. The fourth-order valence-corrected chi connectivity index (χ4v) is 5.54. The number of rotatable bonds is 3. The zero-order chi connectivity index (χ0) is 21.8. The minimum Gasteiger partial charge on any atom is -0.355 e. The number of pyridine rings is 1. The third kappa shape index (κ3) is 3.04. The van der Waals surface area contributed by atoms with E-state index in [2.05, 4.69) is 28.1 Å². The van der Waals surface area contributed by atoms with E-state index in [9.17, 15) is 5.26 Å². The highest BCUT2D eigenvalue weighted by Crippen LogP contribution is 2.42. The minimum atomic E-state index is 0.519. The summed E-state index contributed by atoms with van der Waals surface area (Å²) >= 11 is 0. The molecule has 5 heterocycles. The van der Waals surface area contributed by atoms with Gasteiger partial charge in [-0.1, -0.05) is 6.92 Å². The first-order valence-electron chi connectivity index (χ1n) is 11.1. The molecule has 3 atom stereocenters. The molecule has 0 bridgehead atoms. The van der Waals surface area contributed by atoms with Gasteiger partial charge in [-0.15, -0.1) is 0 Å². The molecule has 2 fully saturated rings. The Morgan fingerprint density at radius 1 is 0.969 bits per heavy atom. The average Bonchev–Trinajstić information content (AvgIpc) is 3.56. The Kier molecular flexibility index (Phi) is 4.25. The quantitative estimate of drug-likeness (QED) is 0.500. The largest absolute Gasteiger partial charge is 0.355 e. The first-order chi connectivity index (χ1) is 15.6. The van der Waals surface area contributed by atoms with Crippen LogP contribution in [0.25, 0.3) is 27.9 Å². The molecule has 2 aliphatic rings. The van der Waals surface area contributed by atoms with Gasteiger partial charge in [0.05, 0.1) is 41.6 Å². The van der Waals surface area contributed by atoms with Gasteiger partial charge in [0.25, 0.3) is 0 Å². The monoisotopic (exact) mass is 424 g/mol. The third-order valence-electron chi connectivity index (χ3n) is 7.00. The van der Waals surface area contributed by atoms with Crippen molar-refractivity contribution >= 4 is 11.3 Å². The van der Waals surface area contributed by atoms with Crippen LogP contribution in [0.15, 0.2) is 43.2 Å².